The van der Waals surface area contributed by atoms with Crippen molar-refractivity contribution < 1.29 is 10.2 Å². The Morgan fingerprint density at radius 3 is 2.62 bits per heavy atom. The van der Waals surface area contributed by atoms with Crippen LogP contribution in [0.25, 0.3) is 11.1 Å². The smallest absolute Gasteiger partial charge is 0.157 e. The molecular formula is C22H22O2. The molecular weight excluding hydrogens is 296 g/mol. The average Bonchev–Trinajstić information content (AvgIpc) is 3.42. The first-order valence-corrected chi connectivity index (χ1v) is 8.72. The predicted octanol–water partition coefficient (Wildman–Crippen LogP) is 5.41. The van der Waals surface area contributed by atoms with Gasteiger partial charge in [0.2, 0.25) is 0 Å². The average molecular weight is 318 g/mol. The van der Waals surface area contributed by atoms with Crippen LogP contribution in [0.1, 0.15) is 54.4 Å². The summed E-state index contributed by atoms with van der Waals surface area (Å²) in [4.78, 5) is 0. The third kappa shape index (κ3) is 2.62. The molecule has 0 aliphatic heterocycles. The molecule has 24 heavy (non-hydrogen) atoms. The molecule has 0 radical (unpaired) electrons. The molecule has 2 aromatic carbocycles. The van der Waals surface area contributed by atoms with Crippen molar-refractivity contribution in [1.29, 1.82) is 0 Å². The Morgan fingerprint density at radius 1 is 1.08 bits per heavy atom. The first-order chi connectivity index (χ1) is 11.7. The summed E-state index contributed by atoms with van der Waals surface area (Å²) >= 11 is 0. The molecule has 2 aliphatic carbocycles. The molecule has 0 amide bonds. The second-order valence-corrected chi connectivity index (χ2v) is 6.77. The monoisotopic (exact) mass is 318 g/mol. The van der Waals surface area contributed by atoms with E-state index in [0.29, 0.717) is 0 Å². The number of rotatable bonds is 3. The topological polar surface area (TPSA) is 40.5 Å². The lowest BCUT2D eigenvalue weighted by atomic mass is 9.81. The molecule has 2 aromatic rings. The van der Waals surface area contributed by atoms with Gasteiger partial charge in [0.05, 0.1) is 0 Å². The standard InChI is InChI=1S/C22H22O2/c1-2-4-16-11-18(15-9-10-20(23)21(24)13-15)12-17-5-3-6-19(22(16)17)14-7-8-14/h3-6,9-11,13-14,23-24H,2,7-8,12H2,1H3/b16-4+. The first-order valence-electron chi connectivity index (χ1n) is 8.72. The van der Waals surface area contributed by atoms with Gasteiger partial charge in [0.25, 0.3) is 0 Å². The van der Waals surface area contributed by atoms with Gasteiger partial charge in [0.1, 0.15) is 0 Å². The maximum atomic E-state index is 9.83. The molecule has 0 saturated heterocycles. The summed E-state index contributed by atoms with van der Waals surface area (Å²) in [5.41, 5.74) is 7.73. The van der Waals surface area contributed by atoms with Crippen molar-refractivity contribution in [2.45, 2.75) is 38.5 Å². The predicted molar refractivity (Wildman–Crippen MR) is 98.1 cm³/mol. The molecule has 0 atom stereocenters. The molecule has 1 saturated carbocycles. The Balaban J connectivity index is 1.82. The Morgan fingerprint density at radius 2 is 1.92 bits per heavy atom. The zero-order valence-corrected chi connectivity index (χ0v) is 13.9. The number of hydrogen-bond donors (Lipinski definition) is 2. The number of aromatic hydroxyl groups is 2. The van der Waals surface area contributed by atoms with Crippen LogP contribution in [0.15, 0.2) is 48.6 Å². The van der Waals surface area contributed by atoms with Gasteiger partial charge in [-0.2, -0.15) is 0 Å². The first kappa shape index (κ1) is 15.1. The fourth-order valence-corrected chi connectivity index (χ4v) is 3.66. The van der Waals surface area contributed by atoms with Crippen LogP contribution in [0.5, 0.6) is 11.5 Å². The van der Waals surface area contributed by atoms with E-state index in [-0.39, 0.29) is 11.5 Å². The summed E-state index contributed by atoms with van der Waals surface area (Å²) in [5.74, 6) is 0.593. The van der Waals surface area contributed by atoms with Crippen LogP contribution >= 0.6 is 0 Å². The summed E-state index contributed by atoms with van der Waals surface area (Å²) in [7, 11) is 0. The highest BCUT2D eigenvalue weighted by molar-refractivity contribution is 5.91. The van der Waals surface area contributed by atoms with Crippen molar-refractivity contribution in [2.24, 2.45) is 0 Å². The lowest BCUT2D eigenvalue weighted by Crippen LogP contribution is -2.05. The quantitative estimate of drug-likeness (QED) is 0.743. The summed E-state index contributed by atoms with van der Waals surface area (Å²) < 4.78 is 0. The van der Waals surface area contributed by atoms with Gasteiger partial charge in [0, 0.05) is 0 Å². The number of allylic oxidation sites excluding steroid dienone is 4. The van der Waals surface area contributed by atoms with Gasteiger partial charge in [-0.25, -0.2) is 0 Å². The Hall–Kier alpha value is -2.48. The molecule has 0 aromatic heterocycles. The summed E-state index contributed by atoms with van der Waals surface area (Å²) in [5, 5.41) is 19.4. The van der Waals surface area contributed by atoms with Gasteiger partial charge in [-0.3, -0.25) is 0 Å². The highest BCUT2D eigenvalue weighted by Gasteiger charge is 2.29. The van der Waals surface area contributed by atoms with Crippen molar-refractivity contribution in [3.63, 3.8) is 0 Å². The molecule has 2 aliphatic rings. The summed E-state index contributed by atoms with van der Waals surface area (Å²) in [6, 6.07) is 11.8. The van der Waals surface area contributed by atoms with E-state index in [1.165, 1.54) is 40.7 Å². The normalized spacial score (nSPS) is 18.4. The third-order valence-electron chi connectivity index (χ3n) is 4.97. The van der Waals surface area contributed by atoms with Crippen molar-refractivity contribution >= 4 is 11.1 Å². The lowest BCUT2D eigenvalue weighted by molar-refractivity contribution is 0.403. The molecule has 122 valence electrons. The third-order valence-corrected chi connectivity index (χ3v) is 4.97. The second kappa shape index (κ2) is 5.86. The molecule has 2 heteroatoms. The van der Waals surface area contributed by atoms with E-state index in [2.05, 4.69) is 37.3 Å². The molecule has 1 fully saturated rings. The van der Waals surface area contributed by atoms with Crippen molar-refractivity contribution in [3.8, 4) is 11.5 Å². The van der Waals surface area contributed by atoms with Gasteiger partial charge in [-0.15, -0.1) is 0 Å². The minimum absolute atomic E-state index is 0.0630. The zero-order chi connectivity index (χ0) is 16.7. The van der Waals surface area contributed by atoms with Crippen LogP contribution in [0.2, 0.25) is 0 Å². The fraction of sp³-hybridized carbons (Fsp3) is 0.273. The van der Waals surface area contributed by atoms with Crippen LogP contribution < -0.4 is 0 Å². The molecule has 2 N–H and O–H groups in total. The number of hydrogen-bond acceptors (Lipinski definition) is 2. The maximum Gasteiger partial charge on any atom is 0.157 e. The highest BCUT2D eigenvalue weighted by atomic mass is 16.3. The highest BCUT2D eigenvalue weighted by Crippen LogP contribution is 2.47. The van der Waals surface area contributed by atoms with E-state index in [4.69, 9.17) is 0 Å². The molecule has 2 nitrogen and oxygen atoms in total. The molecule has 0 bridgehead atoms. The van der Waals surface area contributed by atoms with E-state index in [1.54, 1.807) is 12.1 Å². The van der Waals surface area contributed by atoms with Gasteiger partial charge < -0.3 is 10.2 Å². The Bertz CT molecular complexity index is 854. The van der Waals surface area contributed by atoms with Crippen LogP contribution in [-0.2, 0) is 6.42 Å². The van der Waals surface area contributed by atoms with Gasteiger partial charge in [-0.05, 0) is 77.1 Å². The van der Waals surface area contributed by atoms with Gasteiger partial charge in [0.15, 0.2) is 11.5 Å². The van der Waals surface area contributed by atoms with E-state index < -0.39 is 0 Å². The fourth-order valence-electron chi connectivity index (χ4n) is 3.66. The van der Waals surface area contributed by atoms with Gasteiger partial charge >= 0.3 is 0 Å². The molecule has 4 rings (SSSR count). The Kier molecular flexibility index (Phi) is 3.68. The number of benzene rings is 2. The maximum absolute atomic E-state index is 9.83. The van der Waals surface area contributed by atoms with Crippen molar-refractivity contribution in [2.75, 3.05) is 0 Å². The lowest BCUT2D eigenvalue weighted by Gasteiger charge is -2.23. The van der Waals surface area contributed by atoms with Crippen LogP contribution in [-0.4, -0.2) is 10.2 Å². The minimum atomic E-state index is -0.0732. The Labute approximate surface area is 142 Å². The number of phenols is 2. The van der Waals surface area contributed by atoms with E-state index in [1.807, 2.05) is 6.07 Å². The largest absolute Gasteiger partial charge is 0.504 e. The zero-order valence-electron chi connectivity index (χ0n) is 13.9. The van der Waals surface area contributed by atoms with Crippen LogP contribution in [0, 0.1) is 0 Å². The molecule has 0 spiro atoms. The summed E-state index contributed by atoms with van der Waals surface area (Å²) in [6.07, 6.45) is 9.02. The van der Waals surface area contributed by atoms with E-state index >= 15 is 0 Å². The second-order valence-electron chi connectivity index (χ2n) is 6.77. The van der Waals surface area contributed by atoms with Crippen molar-refractivity contribution in [3.05, 3.63) is 70.8 Å². The minimum Gasteiger partial charge on any atom is -0.504 e. The van der Waals surface area contributed by atoms with E-state index in [9.17, 15) is 10.2 Å². The molecule has 0 heterocycles. The molecule has 0 unspecified atom stereocenters. The number of phenolic OH excluding ortho intramolecular Hbond substituents is 2. The van der Waals surface area contributed by atoms with Gasteiger partial charge in [-0.1, -0.05) is 43.3 Å². The van der Waals surface area contributed by atoms with Crippen LogP contribution in [0.4, 0.5) is 0 Å². The van der Waals surface area contributed by atoms with E-state index in [0.717, 1.165) is 24.3 Å². The number of fused-ring (bicyclic) bond motifs is 1. The SMILES string of the molecule is CC/C=C1\C=C(c2ccc(O)c(O)c2)Cc2cccc(C3CC3)c21. The summed E-state index contributed by atoms with van der Waals surface area (Å²) in [6.45, 7) is 2.17. The van der Waals surface area contributed by atoms with Crippen molar-refractivity contribution in [1.82, 2.24) is 0 Å². The van der Waals surface area contributed by atoms with Crippen LogP contribution in [0.3, 0.4) is 0 Å².